The highest BCUT2D eigenvalue weighted by Gasteiger charge is 2.21. The number of carbonyl (C=O) groups is 2. The van der Waals surface area contributed by atoms with Crippen molar-refractivity contribution in [3.05, 3.63) is 47.0 Å². The number of carbonyl (C=O) groups excluding carboxylic acids is 2. The molecule has 0 saturated carbocycles. The second-order valence-electron chi connectivity index (χ2n) is 10.3. The van der Waals surface area contributed by atoms with Gasteiger partial charge in [-0.25, -0.2) is 9.97 Å². The minimum Gasteiger partial charge on any atom is -0.422 e. The van der Waals surface area contributed by atoms with E-state index in [-0.39, 0.29) is 16.9 Å². The summed E-state index contributed by atoms with van der Waals surface area (Å²) in [6.07, 6.45) is 6.30. The van der Waals surface area contributed by atoms with Gasteiger partial charge in [0.15, 0.2) is 11.4 Å². The lowest BCUT2D eigenvalue weighted by Crippen LogP contribution is -2.33. The van der Waals surface area contributed by atoms with Gasteiger partial charge in [0.2, 0.25) is 0 Å². The van der Waals surface area contributed by atoms with Gasteiger partial charge in [0.1, 0.15) is 5.82 Å². The number of anilines is 1. The number of hydrogen-bond donors (Lipinski definition) is 1. The highest BCUT2D eigenvalue weighted by atomic mass is 16.5. The third-order valence-electron chi connectivity index (χ3n) is 6.54. The largest absolute Gasteiger partial charge is 0.422 e. The Morgan fingerprint density at radius 1 is 1.09 bits per heavy atom. The first-order valence-corrected chi connectivity index (χ1v) is 12.3. The number of nitrogens with zero attached hydrogens (tertiary/aromatic N) is 3. The maximum Gasteiger partial charge on any atom is 0.308 e. The number of piperidine rings is 1. The van der Waals surface area contributed by atoms with Gasteiger partial charge in [-0.1, -0.05) is 45.7 Å². The van der Waals surface area contributed by atoms with E-state index in [1.54, 1.807) is 6.92 Å². The average molecular weight is 467 g/mol. The summed E-state index contributed by atoms with van der Waals surface area (Å²) in [6.45, 7) is 11.9. The van der Waals surface area contributed by atoms with Crippen LogP contribution in [0.1, 0.15) is 87.4 Å². The van der Waals surface area contributed by atoms with E-state index in [1.165, 1.54) is 37.4 Å². The number of aromatic nitrogens is 2. The van der Waals surface area contributed by atoms with E-state index >= 15 is 0 Å². The van der Waals surface area contributed by atoms with Crippen molar-refractivity contribution < 1.29 is 14.3 Å². The van der Waals surface area contributed by atoms with Crippen molar-refractivity contribution in [1.82, 2.24) is 9.97 Å². The number of nitrogens with two attached hydrogens (primary N) is 1. The lowest BCUT2D eigenvalue weighted by Gasteiger charge is -2.34. The number of esters is 1. The second-order valence-corrected chi connectivity index (χ2v) is 10.3. The Labute approximate surface area is 203 Å². The SMILES string of the molecule is CC(=O)Oc1c(C)nc(CCCCC2CCN(c3ccc(C(C)(C)C)cc3)CC2)nc1C(N)=O. The van der Waals surface area contributed by atoms with Gasteiger partial charge in [0, 0.05) is 32.1 Å². The van der Waals surface area contributed by atoms with Crippen LogP contribution < -0.4 is 15.4 Å². The molecule has 2 aromatic rings. The van der Waals surface area contributed by atoms with Gasteiger partial charge >= 0.3 is 5.97 Å². The molecule has 0 bridgehead atoms. The number of rotatable bonds is 8. The zero-order valence-corrected chi connectivity index (χ0v) is 21.2. The van der Waals surface area contributed by atoms with Gasteiger partial charge in [-0.3, -0.25) is 9.59 Å². The van der Waals surface area contributed by atoms with E-state index in [1.807, 2.05) is 0 Å². The maximum atomic E-state index is 11.8. The molecule has 34 heavy (non-hydrogen) atoms. The molecule has 7 heteroatoms. The lowest BCUT2D eigenvalue weighted by molar-refractivity contribution is -0.132. The third-order valence-corrected chi connectivity index (χ3v) is 6.54. The predicted molar refractivity (Wildman–Crippen MR) is 134 cm³/mol. The summed E-state index contributed by atoms with van der Waals surface area (Å²) in [6, 6.07) is 9.03. The molecule has 7 nitrogen and oxygen atoms in total. The van der Waals surface area contributed by atoms with Crippen molar-refractivity contribution in [2.24, 2.45) is 11.7 Å². The number of hydrogen-bond acceptors (Lipinski definition) is 6. The molecule has 2 N–H and O–H groups in total. The lowest BCUT2D eigenvalue weighted by atomic mass is 9.87. The molecule has 1 aliphatic rings. The van der Waals surface area contributed by atoms with E-state index in [2.05, 4.69) is 59.9 Å². The Morgan fingerprint density at radius 2 is 1.74 bits per heavy atom. The van der Waals surface area contributed by atoms with Gasteiger partial charge in [-0.15, -0.1) is 0 Å². The normalized spacial score (nSPS) is 14.8. The van der Waals surface area contributed by atoms with Crippen molar-refractivity contribution in [2.75, 3.05) is 18.0 Å². The quantitative estimate of drug-likeness (QED) is 0.446. The van der Waals surface area contributed by atoms with E-state index < -0.39 is 11.9 Å². The Morgan fingerprint density at radius 3 is 2.29 bits per heavy atom. The summed E-state index contributed by atoms with van der Waals surface area (Å²) < 4.78 is 5.09. The van der Waals surface area contributed by atoms with Crippen LogP contribution in [0.3, 0.4) is 0 Å². The van der Waals surface area contributed by atoms with E-state index in [4.69, 9.17) is 10.5 Å². The van der Waals surface area contributed by atoms with Crippen LogP contribution in [0.4, 0.5) is 5.69 Å². The zero-order chi connectivity index (χ0) is 24.9. The molecule has 0 radical (unpaired) electrons. The summed E-state index contributed by atoms with van der Waals surface area (Å²) >= 11 is 0. The fraction of sp³-hybridized carbons (Fsp3) is 0.556. The van der Waals surface area contributed by atoms with Crippen molar-refractivity contribution in [1.29, 1.82) is 0 Å². The topological polar surface area (TPSA) is 98.4 Å². The Hall–Kier alpha value is -2.96. The molecule has 2 heterocycles. The van der Waals surface area contributed by atoms with Crippen LogP contribution in [-0.2, 0) is 16.6 Å². The van der Waals surface area contributed by atoms with Crippen molar-refractivity contribution >= 4 is 17.6 Å². The third kappa shape index (κ3) is 6.78. The summed E-state index contributed by atoms with van der Waals surface area (Å²) in [5.41, 5.74) is 8.74. The molecule has 0 atom stereocenters. The van der Waals surface area contributed by atoms with E-state index in [9.17, 15) is 9.59 Å². The van der Waals surface area contributed by atoms with Gasteiger partial charge in [0.25, 0.3) is 5.91 Å². The maximum absolute atomic E-state index is 11.8. The summed E-state index contributed by atoms with van der Waals surface area (Å²) in [5.74, 6) is 0.109. The number of amides is 1. The van der Waals surface area contributed by atoms with Crippen LogP contribution in [-0.4, -0.2) is 34.9 Å². The van der Waals surface area contributed by atoms with Crippen LogP contribution in [0.15, 0.2) is 24.3 Å². The van der Waals surface area contributed by atoms with Gasteiger partial charge < -0.3 is 15.4 Å². The molecule has 1 aromatic heterocycles. The molecule has 184 valence electrons. The number of benzene rings is 1. The number of ether oxygens (including phenoxy) is 1. The minimum absolute atomic E-state index is 0.0272. The number of primary amides is 1. The number of unbranched alkanes of at least 4 members (excludes halogenated alkanes) is 1. The smallest absolute Gasteiger partial charge is 0.308 e. The van der Waals surface area contributed by atoms with Crippen LogP contribution >= 0.6 is 0 Å². The zero-order valence-electron chi connectivity index (χ0n) is 21.2. The van der Waals surface area contributed by atoms with Crippen molar-refractivity contribution in [3.63, 3.8) is 0 Å². The van der Waals surface area contributed by atoms with Crippen molar-refractivity contribution in [2.45, 2.75) is 78.6 Å². The molecular formula is C27H38N4O3. The molecule has 1 aliphatic heterocycles. The minimum atomic E-state index is -0.720. The fourth-order valence-corrected chi connectivity index (χ4v) is 4.53. The van der Waals surface area contributed by atoms with Gasteiger partial charge in [-0.05, 0) is 55.2 Å². The van der Waals surface area contributed by atoms with Gasteiger partial charge in [0.05, 0.1) is 5.69 Å². The highest BCUT2D eigenvalue weighted by molar-refractivity contribution is 5.94. The highest BCUT2D eigenvalue weighted by Crippen LogP contribution is 2.29. The Bertz CT molecular complexity index is 1000. The standard InChI is InChI=1S/C27H38N4O3/c1-18-25(34-19(2)32)24(26(28)33)30-23(29-18)9-7-6-8-20-14-16-31(17-15-20)22-12-10-21(11-13-22)27(3,4)5/h10-13,20H,6-9,14-17H2,1-5H3,(H2,28,33). The van der Waals surface area contributed by atoms with Crippen LogP contribution in [0, 0.1) is 12.8 Å². The Kier molecular flexibility index (Phi) is 8.28. The number of aryl methyl sites for hydroxylation is 2. The van der Waals surface area contributed by atoms with E-state index in [0.29, 0.717) is 17.9 Å². The molecule has 1 saturated heterocycles. The van der Waals surface area contributed by atoms with Crippen LogP contribution in [0.2, 0.25) is 0 Å². The monoisotopic (exact) mass is 466 g/mol. The molecule has 0 unspecified atom stereocenters. The first-order chi connectivity index (χ1) is 16.0. The average Bonchev–Trinajstić information content (AvgIpc) is 2.78. The first kappa shape index (κ1) is 25.7. The van der Waals surface area contributed by atoms with Gasteiger partial charge in [-0.2, -0.15) is 0 Å². The molecular weight excluding hydrogens is 428 g/mol. The molecule has 0 aliphatic carbocycles. The summed E-state index contributed by atoms with van der Waals surface area (Å²) in [7, 11) is 0. The fourth-order valence-electron chi connectivity index (χ4n) is 4.53. The van der Waals surface area contributed by atoms with Crippen LogP contribution in [0.25, 0.3) is 0 Å². The predicted octanol–water partition coefficient (Wildman–Crippen LogP) is 4.74. The molecule has 0 spiro atoms. The summed E-state index contributed by atoms with van der Waals surface area (Å²) in [4.78, 5) is 34.3. The van der Waals surface area contributed by atoms with E-state index in [0.717, 1.165) is 31.8 Å². The van der Waals surface area contributed by atoms with Crippen molar-refractivity contribution in [3.8, 4) is 5.75 Å². The Balaban J connectivity index is 1.46. The molecule has 1 fully saturated rings. The second kappa shape index (κ2) is 11.0. The molecule has 3 rings (SSSR count). The summed E-state index contributed by atoms with van der Waals surface area (Å²) in [5, 5.41) is 0. The van der Waals surface area contributed by atoms with Crippen LogP contribution in [0.5, 0.6) is 5.75 Å². The molecule has 1 aromatic carbocycles. The molecule has 1 amide bonds. The first-order valence-electron chi connectivity index (χ1n) is 12.3.